The lowest BCUT2D eigenvalue weighted by molar-refractivity contribution is 0.0163. The van der Waals surface area contributed by atoms with Gasteiger partial charge >= 0.3 is 6.09 Å². The van der Waals surface area contributed by atoms with E-state index in [0.717, 1.165) is 63.5 Å². The number of guanidine groups is 1. The minimum Gasteiger partial charge on any atom is -0.444 e. The van der Waals surface area contributed by atoms with E-state index in [9.17, 15) is 4.79 Å². The minimum absolute atomic E-state index is 0. The summed E-state index contributed by atoms with van der Waals surface area (Å²) < 4.78 is 7.34. The van der Waals surface area contributed by atoms with Crippen LogP contribution in [0.1, 0.15) is 52.5 Å². The molecule has 0 bridgehead atoms. The molecular formula is C21H39IN6O2. The minimum atomic E-state index is -0.450. The van der Waals surface area contributed by atoms with Gasteiger partial charge in [0.15, 0.2) is 5.96 Å². The van der Waals surface area contributed by atoms with E-state index in [0.29, 0.717) is 5.92 Å². The molecule has 1 saturated heterocycles. The Hall–Kier alpha value is -1.52. The summed E-state index contributed by atoms with van der Waals surface area (Å²) in [6.07, 6.45) is 6.83. The number of hydrogen-bond acceptors (Lipinski definition) is 4. The predicted molar refractivity (Wildman–Crippen MR) is 131 cm³/mol. The summed E-state index contributed by atoms with van der Waals surface area (Å²) in [5, 5.41) is 7.59. The van der Waals surface area contributed by atoms with Gasteiger partial charge in [-0.25, -0.2) is 4.79 Å². The van der Waals surface area contributed by atoms with Crippen LogP contribution in [0.5, 0.6) is 0 Å². The molecular weight excluding hydrogens is 495 g/mol. The molecule has 2 heterocycles. The fourth-order valence-electron chi connectivity index (χ4n) is 3.52. The van der Waals surface area contributed by atoms with Crippen molar-refractivity contribution >= 4 is 36.0 Å². The van der Waals surface area contributed by atoms with Crippen molar-refractivity contribution in [3.8, 4) is 0 Å². The number of carbonyl (C=O) groups is 1. The van der Waals surface area contributed by atoms with Gasteiger partial charge in [-0.2, -0.15) is 5.10 Å². The zero-order valence-corrected chi connectivity index (χ0v) is 21.7. The molecule has 1 aliphatic heterocycles. The van der Waals surface area contributed by atoms with Crippen LogP contribution in [-0.4, -0.2) is 70.5 Å². The Labute approximate surface area is 198 Å². The Kier molecular flexibility index (Phi) is 10.9. The second kappa shape index (κ2) is 12.4. The summed E-state index contributed by atoms with van der Waals surface area (Å²) in [7, 11) is 3.97. The molecule has 0 aromatic carbocycles. The molecule has 0 saturated carbocycles. The van der Waals surface area contributed by atoms with Gasteiger partial charge in [0.2, 0.25) is 0 Å². The maximum absolute atomic E-state index is 12.3. The highest BCUT2D eigenvalue weighted by molar-refractivity contribution is 14.0. The van der Waals surface area contributed by atoms with Crippen molar-refractivity contribution in [3.63, 3.8) is 0 Å². The number of hydrogen-bond donors (Lipinski definition) is 1. The molecule has 1 N–H and O–H groups in total. The number of piperidine rings is 1. The molecule has 0 aliphatic carbocycles. The normalized spacial score (nSPS) is 17.3. The second-order valence-corrected chi connectivity index (χ2v) is 8.84. The number of likely N-dealkylation sites (tertiary alicyclic amines) is 1. The van der Waals surface area contributed by atoms with Gasteiger partial charge in [-0.3, -0.25) is 9.67 Å². The summed E-state index contributed by atoms with van der Waals surface area (Å²) in [4.78, 5) is 21.1. The predicted octanol–water partition coefficient (Wildman–Crippen LogP) is 3.47. The van der Waals surface area contributed by atoms with Gasteiger partial charge in [0.05, 0.1) is 6.20 Å². The maximum atomic E-state index is 12.3. The summed E-state index contributed by atoms with van der Waals surface area (Å²) in [6, 6.07) is 0. The molecule has 0 radical (unpaired) electrons. The quantitative estimate of drug-likeness (QED) is 0.344. The molecule has 30 heavy (non-hydrogen) atoms. The standard InChI is InChI=1S/C21H38N6O2.HI/c1-7-22-19(25(5)14-18-13-24-26(6)15-18)23-11-10-17-9-8-12-27(16-17)20(28)29-21(2,3)4;/h13,15,17H,7-12,14,16H2,1-6H3,(H,22,23);1H. The molecule has 1 atom stereocenters. The van der Waals surface area contributed by atoms with Crippen LogP contribution in [0.2, 0.25) is 0 Å². The monoisotopic (exact) mass is 534 g/mol. The molecule has 1 unspecified atom stereocenters. The lowest BCUT2D eigenvalue weighted by Crippen LogP contribution is -2.43. The summed E-state index contributed by atoms with van der Waals surface area (Å²) in [6.45, 7) is 11.7. The molecule has 1 aromatic heterocycles. The highest BCUT2D eigenvalue weighted by Crippen LogP contribution is 2.21. The second-order valence-electron chi connectivity index (χ2n) is 8.84. The topological polar surface area (TPSA) is 75.0 Å². The van der Waals surface area contributed by atoms with E-state index in [-0.39, 0.29) is 30.1 Å². The number of halogens is 1. The number of aliphatic imine (C=N–C) groups is 1. The number of nitrogens with one attached hydrogen (secondary N) is 1. The van der Waals surface area contributed by atoms with Gasteiger partial charge in [0.25, 0.3) is 0 Å². The zero-order valence-electron chi connectivity index (χ0n) is 19.3. The summed E-state index contributed by atoms with van der Waals surface area (Å²) >= 11 is 0. The van der Waals surface area contributed by atoms with E-state index in [1.807, 2.05) is 56.8 Å². The number of amides is 1. The first-order chi connectivity index (χ1) is 13.7. The molecule has 1 amide bonds. The van der Waals surface area contributed by atoms with Crippen molar-refractivity contribution in [3.05, 3.63) is 18.0 Å². The van der Waals surface area contributed by atoms with Crippen molar-refractivity contribution < 1.29 is 9.53 Å². The van der Waals surface area contributed by atoms with E-state index in [4.69, 9.17) is 9.73 Å². The van der Waals surface area contributed by atoms with Crippen LogP contribution in [0.25, 0.3) is 0 Å². The van der Waals surface area contributed by atoms with Crippen molar-refractivity contribution in [2.24, 2.45) is 18.0 Å². The Bertz CT molecular complexity index is 685. The van der Waals surface area contributed by atoms with Crippen molar-refractivity contribution in [2.75, 3.05) is 33.2 Å². The molecule has 9 heteroatoms. The van der Waals surface area contributed by atoms with Crippen LogP contribution in [0.15, 0.2) is 17.4 Å². The fourth-order valence-corrected chi connectivity index (χ4v) is 3.52. The smallest absolute Gasteiger partial charge is 0.410 e. The molecule has 1 aliphatic rings. The van der Waals surface area contributed by atoms with Crippen LogP contribution in [0.3, 0.4) is 0 Å². The average Bonchev–Trinajstić information content (AvgIpc) is 3.04. The van der Waals surface area contributed by atoms with Gasteiger partial charge in [-0.15, -0.1) is 24.0 Å². The Balaban J connectivity index is 0.00000450. The Morgan fingerprint density at radius 1 is 1.43 bits per heavy atom. The van der Waals surface area contributed by atoms with Crippen LogP contribution < -0.4 is 5.32 Å². The van der Waals surface area contributed by atoms with Crippen LogP contribution in [-0.2, 0) is 18.3 Å². The largest absolute Gasteiger partial charge is 0.444 e. The molecule has 8 nitrogen and oxygen atoms in total. The van der Waals surface area contributed by atoms with Crippen molar-refractivity contribution in [1.29, 1.82) is 0 Å². The first-order valence-electron chi connectivity index (χ1n) is 10.6. The van der Waals surface area contributed by atoms with E-state index in [1.165, 1.54) is 0 Å². The van der Waals surface area contributed by atoms with E-state index in [2.05, 4.69) is 22.2 Å². The number of carbonyl (C=O) groups excluding carboxylic acids is 1. The van der Waals surface area contributed by atoms with E-state index < -0.39 is 5.60 Å². The SMILES string of the molecule is CCNC(=NCCC1CCCN(C(=O)OC(C)(C)C)C1)N(C)Cc1cnn(C)c1.I. The first kappa shape index (κ1) is 26.5. The van der Waals surface area contributed by atoms with Gasteiger partial charge in [-0.05, 0) is 52.9 Å². The summed E-state index contributed by atoms with van der Waals surface area (Å²) in [5.41, 5.74) is 0.703. The van der Waals surface area contributed by atoms with E-state index >= 15 is 0 Å². The lowest BCUT2D eigenvalue weighted by Gasteiger charge is -2.34. The third kappa shape index (κ3) is 9.09. The highest BCUT2D eigenvalue weighted by Gasteiger charge is 2.27. The highest BCUT2D eigenvalue weighted by atomic mass is 127. The van der Waals surface area contributed by atoms with Gasteiger partial charge in [-0.1, -0.05) is 0 Å². The number of aryl methyl sites for hydroxylation is 1. The Morgan fingerprint density at radius 2 is 2.17 bits per heavy atom. The number of nitrogens with zero attached hydrogens (tertiary/aromatic N) is 5. The molecule has 1 aromatic rings. The summed E-state index contributed by atoms with van der Waals surface area (Å²) in [5.74, 6) is 1.36. The van der Waals surface area contributed by atoms with Crippen molar-refractivity contribution in [1.82, 2.24) is 24.9 Å². The molecule has 2 rings (SSSR count). The lowest BCUT2D eigenvalue weighted by atomic mass is 9.95. The van der Waals surface area contributed by atoms with Gasteiger partial charge in [0, 0.05) is 58.6 Å². The fraction of sp³-hybridized carbons (Fsp3) is 0.762. The first-order valence-corrected chi connectivity index (χ1v) is 10.6. The zero-order chi connectivity index (χ0) is 21.4. The number of rotatable bonds is 6. The molecule has 1 fully saturated rings. The van der Waals surface area contributed by atoms with Crippen LogP contribution >= 0.6 is 24.0 Å². The number of aromatic nitrogens is 2. The third-order valence-electron chi connectivity index (χ3n) is 4.84. The average molecular weight is 534 g/mol. The molecule has 0 spiro atoms. The van der Waals surface area contributed by atoms with Gasteiger partial charge < -0.3 is 19.9 Å². The molecule has 172 valence electrons. The third-order valence-corrected chi connectivity index (χ3v) is 4.84. The van der Waals surface area contributed by atoms with E-state index in [1.54, 1.807) is 0 Å². The van der Waals surface area contributed by atoms with Gasteiger partial charge in [0.1, 0.15) is 5.60 Å². The van der Waals surface area contributed by atoms with Crippen molar-refractivity contribution in [2.45, 2.75) is 59.1 Å². The Morgan fingerprint density at radius 3 is 2.77 bits per heavy atom. The number of ether oxygens (including phenoxy) is 1. The van der Waals surface area contributed by atoms with Crippen LogP contribution in [0.4, 0.5) is 4.79 Å². The van der Waals surface area contributed by atoms with Crippen LogP contribution in [0, 0.1) is 5.92 Å². The maximum Gasteiger partial charge on any atom is 0.410 e.